The largest absolute Gasteiger partial charge is 0.423 e. The summed E-state index contributed by atoms with van der Waals surface area (Å²) in [7, 11) is 1.84. The minimum absolute atomic E-state index is 0.0113. The Morgan fingerprint density at radius 1 is 1.07 bits per heavy atom. The van der Waals surface area contributed by atoms with Gasteiger partial charge in [-0.15, -0.1) is 0 Å². The second-order valence-corrected chi connectivity index (χ2v) is 6.64. The van der Waals surface area contributed by atoms with Crippen molar-refractivity contribution < 1.29 is 9.21 Å². The van der Waals surface area contributed by atoms with Crippen LogP contribution in [-0.2, 0) is 7.05 Å². The van der Waals surface area contributed by atoms with Gasteiger partial charge in [0.2, 0.25) is 0 Å². The van der Waals surface area contributed by atoms with Crippen LogP contribution in [0.1, 0.15) is 10.4 Å². The maximum absolute atomic E-state index is 12.9. The Hall–Kier alpha value is -3.42. The van der Waals surface area contributed by atoms with E-state index in [1.165, 1.54) is 0 Å². The fraction of sp³-hybridized carbons (Fsp3) is 0.263. The lowest BCUT2D eigenvalue weighted by Gasteiger charge is -2.33. The fourth-order valence-corrected chi connectivity index (χ4v) is 3.42. The number of amides is 1. The predicted molar refractivity (Wildman–Crippen MR) is 101 cm³/mol. The highest BCUT2D eigenvalue weighted by Crippen LogP contribution is 2.23. The smallest absolute Gasteiger partial charge is 0.298 e. The van der Waals surface area contributed by atoms with Crippen LogP contribution in [0.15, 0.2) is 47.1 Å². The summed E-state index contributed by atoms with van der Waals surface area (Å²) in [5.41, 5.74) is 3.85. The Morgan fingerprint density at radius 3 is 2.70 bits per heavy atom. The number of hydrogen-bond donors (Lipinski definition) is 0. The maximum atomic E-state index is 12.9. The van der Waals surface area contributed by atoms with Crippen molar-refractivity contribution in [2.75, 3.05) is 31.1 Å². The van der Waals surface area contributed by atoms with Crippen LogP contribution in [-0.4, -0.2) is 56.7 Å². The van der Waals surface area contributed by atoms with Crippen molar-refractivity contribution in [1.29, 1.82) is 0 Å². The number of carbonyl (C=O) groups is 1. The van der Waals surface area contributed by atoms with Gasteiger partial charge in [-0.25, -0.2) is 0 Å². The van der Waals surface area contributed by atoms with Gasteiger partial charge < -0.3 is 14.2 Å². The molecule has 8 nitrogen and oxygen atoms in total. The molecule has 8 heteroatoms. The summed E-state index contributed by atoms with van der Waals surface area (Å²) in [5, 5.41) is 4.18. The van der Waals surface area contributed by atoms with E-state index in [4.69, 9.17) is 4.42 Å². The third-order valence-electron chi connectivity index (χ3n) is 4.97. The topological polar surface area (TPSA) is 80.3 Å². The van der Waals surface area contributed by atoms with E-state index in [0.717, 1.165) is 22.1 Å². The Balaban J connectivity index is 1.31. The zero-order valence-corrected chi connectivity index (χ0v) is 14.9. The lowest BCUT2D eigenvalue weighted by Crippen LogP contribution is -2.49. The second-order valence-electron chi connectivity index (χ2n) is 6.64. The summed E-state index contributed by atoms with van der Waals surface area (Å²) in [6.45, 7) is 2.59. The van der Waals surface area contributed by atoms with E-state index in [2.05, 4.69) is 20.0 Å². The van der Waals surface area contributed by atoms with Crippen LogP contribution in [0.3, 0.4) is 0 Å². The Bertz CT molecular complexity index is 1110. The Morgan fingerprint density at radius 2 is 1.89 bits per heavy atom. The molecule has 5 rings (SSSR count). The third-order valence-corrected chi connectivity index (χ3v) is 4.97. The summed E-state index contributed by atoms with van der Waals surface area (Å²) in [6.07, 6.45) is 3.32. The molecular formula is C19H18N6O2. The molecule has 0 saturated carbocycles. The van der Waals surface area contributed by atoms with Crippen molar-refractivity contribution in [2.45, 2.75) is 0 Å². The van der Waals surface area contributed by atoms with Gasteiger partial charge >= 0.3 is 0 Å². The third kappa shape index (κ3) is 2.69. The van der Waals surface area contributed by atoms with Gasteiger partial charge in [0.15, 0.2) is 5.58 Å². The zero-order chi connectivity index (χ0) is 18.4. The van der Waals surface area contributed by atoms with Crippen LogP contribution in [0.25, 0.3) is 22.1 Å². The number of anilines is 1. The summed E-state index contributed by atoms with van der Waals surface area (Å²) in [4.78, 5) is 25.7. The monoisotopic (exact) mass is 362 g/mol. The summed E-state index contributed by atoms with van der Waals surface area (Å²) in [6, 6.07) is 10.2. The number of benzene rings is 1. The first-order valence-electron chi connectivity index (χ1n) is 8.86. The molecule has 3 aromatic heterocycles. The van der Waals surface area contributed by atoms with Crippen LogP contribution in [0.2, 0.25) is 0 Å². The summed E-state index contributed by atoms with van der Waals surface area (Å²) < 4.78 is 7.56. The van der Waals surface area contributed by atoms with Crippen molar-refractivity contribution in [3.63, 3.8) is 0 Å². The predicted octanol–water partition coefficient (Wildman–Crippen LogP) is 2.07. The fourth-order valence-electron chi connectivity index (χ4n) is 3.42. The Labute approximate surface area is 155 Å². The number of aryl methyl sites for hydroxylation is 1. The molecule has 0 radical (unpaired) electrons. The van der Waals surface area contributed by atoms with E-state index in [1.54, 1.807) is 17.1 Å². The minimum atomic E-state index is -0.0113. The van der Waals surface area contributed by atoms with Crippen molar-refractivity contribution in [3.05, 3.63) is 48.3 Å². The molecule has 0 spiro atoms. The second kappa shape index (κ2) is 6.08. The molecule has 0 unspecified atom stereocenters. The SMILES string of the molecule is Cn1ncc2ncc(C(=O)N3CCN(c4nc5ccccc5o4)CC3)cc21. The molecule has 27 heavy (non-hydrogen) atoms. The number of para-hydroxylation sites is 2. The molecule has 1 aromatic carbocycles. The highest BCUT2D eigenvalue weighted by atomic mass is 16.4. The van der Waals surface area contributed by atoms with Gasteiger partial charge in [-0.3, -0.25) is 14.5 Å². The molecule has 1 amide bonds. The van der Waals surface area contributed by atoms with Gasteiger partial charge in [0.25, 0.3) is 11.9 Å². The molecule has 0 aliphatic carbocycles. The number of carbonyl (C=O) groups excluding carboxylic acids is 1. The molecule has 136 valence electrons. The minimum Gasteiger partial charge on any atom is -0.423 e. The number of rotatable bonds is 2. The molecule has 0 N–H and O–H groups in total. The van der Waals surface area contributed by atoms with Gasteiger partial charge in [0.05, 0.1) is 17.3 Å². The van der Waals surface area contributed by atoms with Crippen molar-refractivity contribution >= 4 is 34.1 Å². The van der Waals surface area contributed by atoms with Gasteiger partial charge in [-0.05, 0) is 18.2 Å². The molecule has 0 bridgehead atoms. The average molecular weight is 362 g/mol. The van der Waals surface area contributed by atoms with Crippen molar-refractivity contribution in [2.24, 2.45) is 7.05 Å². The van der Waals surface area contributed by atoms with Crippen LogP contribution in [0.5, 0.6) is 0 Å². The highest BCUT2D eigenvalue weighted by molar-refractivity contribution is 5.96. The molecule has 1 fully saturated rings. The number of pyridine rings is 1. The number of piperazine rings is 1. The normalized spacial score (nSPS) is 15.0. The number of hydrogen-bond acceptors (Lipinski definition) is 6. The van der Waals surface area contributed by atoms with Crippen LogP contribution in [0.4, 0.5) is 6.01 Å². The number of fused-ring (bicyclic) bond motifs is 2. The number of aromatic nitrogens is 4. The van der Waals surface area contributed by atoms with Crippen LogP contribution < -0.4 is 4.90 Å². The molecular weight excluding hydrogens is 344 g/mol. The molecule has 4 heterocycles. The number of nitrogens with zero attached hydrogens (tertiary/aromatic N) is 6. The van der Waals surface area contributed by atoms with Gasteiger partial charge in [0, 0.05) is 39.4 Å². The highest BCUT2D eigenvalue weighted by Gasteiger charge is 2.25. The lowest BCUT2D eigenvalue weighted by molar-refractivity contribution is 0.0745. The van der Waals surface area contributed by atoms with Gasteiger partial charge in [0.1, 0.15) is 11.0 Å². The first kappa shape index (κ1) is 15.8. The molecule has 1 aliphatic heterocycles. The molecule has 1 saturated heterocycles. The van der Waals surface area contributed by atoms with E-state index < -0.39 is 0 Å². The standard InChI is InChI=1S/C19H18N6O2/c1-23-16-10-13(11-20-15(16)12-21-23)18(26)24-6-8-25(9-7-24)19-22-14-4-2-3-5-17(14)27-19/h2-5,10-12H,6-9H2,1H3. The van der Waals surface area contributed by atoms with Gasteiger partial charge in [-0.1, -0.05) is 12.1 Å². The number of oxazole rings is 1. The first-order chi connectivity index (χ1) is 13.2. The van der Waals surface area contributed by atoms with E-state index in [0.29, 0.717) is 37.8 Å². The molecule has 4 aromatic rings. The summed E-state index contributed by atoms with van der Waals surface area (Å²) >= 11 is 0. The van der Waals surface area contributed by atoms with E-state index in [-0.39, 0.29) is 5.91 Å². The van der Waals surface area contributed by atoms with Crippen LogP contribution >= 0.6 is 0 Å². The zero-order valence-electron chi connectivity index (χ0n) is 14.9. The van der Waals surface area contributed by atoms with E-state index in [9.17, 15) is 4.79 Å². The van der Waals surface area contributed by atoms with Gasteiger partial charge in [-0.2, -0.15) is 10.1 Å². The lowest BCUT2D eigenvalue weighted by atomic mass is 10.2. The van der Waals surface area contributed by atoms with E-state index in [1.807, 2.05) is 42.3 Å². The first-order valence-corrected chi connectivity index (χ1v) is 8.86. The quantitative estimate of drug-likeness (QED) is 0.543. The molecule has 0 atom stereocenters. The Kier molecular flexibility index (Phi) is 3.56. The van der Waals surface area contributed by atoms with E-state index >= 15 is 0 Å². The average Bonchev–Trinajstić information content (AvgIpc) is 3.31. The van der Waals surface area contributed by atoms with Crippen molar-refractivity contribution in [3.8, 4) is 0 Å². The van der Waals surface area contributed by atoms with Crippen LogP contribution in [0, 0.1) is 0 Å². The summed E-state index contributed by atoms with van der Waals surface area (Å²) in [5.74, 6) is -0.0113. The van der Waals surface area contributed by atoms with Crippen molar-refractivity contribution in [1.82, 2.24) is 24.6 Å². The molecule has 1 aliphatic rings. The maximum Gasteiger partial charge on any atom is 0.298 e.